The summed E-state index contributed by atoms with van der Waals surface area (Å²) in [5.41, 5.74) is 1.11. The highest BCUT2D eigenvalue weighted by Crippen LogP contribution is 2.11. The Morgan fingerprint density at radius 2 is 1.75 bits per heavy atom. The molecule has 0 aromatic heterocycles. The van der Waals surface area contributed by atoms with Gasteiger partial charge in [0.05, 0.1) is 0 Å². The van der Waals surface area contributed by atoms with Gasteiger partial charge in [0, 0.05) is 39.5 Å². The minimum absolute atomic E-state index is 0.0291. The fraction of sp³-hybridized carbons (Fsp3) is 0.500. The third kappa shape index (κ3) is 4.08. The SMILES string of the molecule is CN(Cc1ccccc1)C(=O)CCC(=O)N1CCCC1. The van der Waals surface area contributed by atoms with Crippen LogP contribution in [0, 0.1) is 0 Å². The minimum atomic E-state index is 0.0291. The molecular formula is C16H22N2O2. The van der Waals surface area contributed by atoms with Crippen LogP contribution >= 0.6 is 0 Å². The zero-order chi connectivity index (χ0) is 14.4. The van der Waals surface area contributed by atoms with Crippen molar-refractivity contribution in [3.8, 4) is 0 Å². The maximum absolute atomic E-state index is 12.0. The molecule has 4 heteroatoms. The molecule has 0 bridgehead atoms. The summed E-state index contributed by atoms with van der Waals surface area (Å²) in [7, 11) is 1.79. The van der Waals surface area contributed by atoms with Crippen LogP contribution in [0.4, 0.5) is 0 Å². The van der Waals surface area contributed by atoms with Gasteiger partial charge in [-0.1, -0.05) is 30.3 Å². The Hall–Kier alpha value is -1.84. The van der Waals surface area contributed by atoms with E-state index in [-0.39, 0.29) is 11.8 Å². The van der Waals surface area contributed by atoms with Gasteiger partial charge in [-0.3, -0.25) is 9.59 Å². The molecular weight excluding hydrogens is 252 g/mol. The van der Waals surface area contributed by atoms with Gasteiger partial charge in [0.1, 0.15) is 0 Å². The van der Waals surface area contributed by atoms with Crippen molar-refractivity contribution >= 4 is 11.8 Å². The summed E-state index contributed by atoms with van der Waals surface area (Å²) >= 11 is 0. The molecule has 1 aromatic carbocycles. The van der Waals surface area contributed by atoms with Gasteiger partial charge in [-0.15, -0.1) is 0 Å². The van der Waals surface area contributed by atoms with Crippen molar-refractivity contribution in [3.63, 3.8) is 0 Å². The third-order valence-corrected chi connectivity index (χ3v) is 3.70. The molecule has 1 aliphatic rings. The molecule has 1 aromatic rings. The van der Waals surface area contributed by atoms with Crippen LogP contribution in [0.5, 0.6) is 0 Å². The van der Waals surface area contributed by atoms with Crippen molar-refractivity contribution in [2.75, 3.05) is 20.1 Å². The number of likely N-dealkylation sites (tertiary alicyclic amines) is 1. The zero-order valence-corrected chi connectivity index (χ0v) is 12.0. The van der Waals surface area contributed by atoms with E-state index in [0.29, 0.717) is 19.4 Å². The fourth-order valence-electron chi connectivity index (χ4n) is 2.47. The monoisotopic (exact) mass is 274 g/mol. The van der Waals surface area contributed by atoms with Gasteiger partial charge < -0.3 is 9.80 Å². The summed E-state index contributed by atoms with van der Waals surface area (Å²) < 4.78 is 0. The van der Waals surface area contributed by atoms with E-state index < -0.39 is 0 Å². The Balaban J connectivity index is 1.75. The van der Waals surface area contributed by atoms with Crippen LogP contribution in [0.2, 0.25) is 0 Å². The molecule has 0 N–H and O–H groups in total. The second-order valence-electron chi connectivity index (χ2n) is 5.32. The van der Waals surface area contributed by atoms with Crippen molar-refractivity contribution in [1.29, 1.82) is 0 Å². The Bertz CT molecular complexity index is 453. The molecule has 1 aliphatic heterocycles. The summed E-state index contributed by atoms with van der Waals surface area (Å²) in [6.45, 7) is 2.30. The highest BCUT2D eigenvalue weighted by Gasteiger charge is 2.19. The molecule has 0 saturated carbocycles. The highest BCUT2D eigenvalue weighted by molar-refractivity contribution is 5.83. The fourth-order valence-corrected chi connectivity index (χ4v) is 2.47. The van der Waals surface area contributed by atoms with Gasteiger partial charge in [0.25, 0.3) is 0 Å². The van der Waals surface area contributed by atoms with Crippen LogP contribution in [0.25, 0.3) is 0 Å². The van der Waals surface area contributed by atoms with Crippen LogP contribution in [0.15, 0.2) is 30.3 Å². The Morgan fingerprint density at radius 3 is 2.40 bits per heavy atom. The van der Waals surface area contributed by atoms with E-state index in [9.17, 15) is 9.59 Å². The quantitative estimate of drug-likeness (QED) is 0.824. The van der Waals surface area contributed by atoms with Crippen LogP contribution in [-0.2, 0) is 16.1 Å². The molecule has 1 heterocycles. The maximum atomic E-state index is 12.0. The van der Waals surface area contributed by atoms with E-state index in [4.69, 9.17) is 0 Å². The lowest BCUT2D eigenvalue weighted by atomic mass is 10.2. The molecule has 2 amide bonds. The first-order chi connectivity index (χ1) is 9.66. The van der Waals surface area contributed by atoms with E-state index in [2.05, 4.69) is 0 Å². The van der Waals surface area contributed by atoms with Crippen molar-refractivity contribution in [3.05, 3.63) is 35.9 Å². The average molecular weight is 274 g/mol. The van der Waals surface area contributed by atoms with Crippen LogP contribution in [0.1, 0.15) is 31.2 Å². The lowest BCUT2D eigenvalue weighted by Crippen LogP contribution is -2.31. The number of benzene rings is 1. The topological polar surface area (TPSA) is 40.6 Å². The lowest BCUT2D eigenvalue weighted by molar-refractivity contribution is -0.136. The van der Waals surface area contributed by atoms with E-state index in [0.717, 1.165) is 31.5 Å². The van der Waals surface area contributed by atoms with E-state index in [1.807, 2.05) is 35.2 Å². The third-order valence-electron chi connectivity index (χ3n) is 3.70. The zero-order valence-electron chi connectivity index (χ0n) is 12.0. The van der Waals surface area contributed by atoms with E-state index >= 15 is 0 Å². The van der Waals surface area contributed by atoms with E-state index in [1.54, 1.807) is 11.9 Å². The van der Waals surface area contributed by atoms with Gasteiger partial charge in [-0.05, 0) is 18.4 Å². The largest absolute Gasteiger partial charge is 0.343 e. The van der Waals surface area contributed by atoms with Crippen LogP contribution in [-0.4, -0.2) is 41.8 Å². The van der Waals surface area contributed by atoms with Gasteiger partial charge >= 0.3 is 0 Å². The minimum Gasteiger partial charge on any atom is -0.343 e. The lowest BCUT2D eigenvalue weighted by Gasteiger charge is -2.19. The maximum Gasteiger partial charge on any atom is 0.223 e. The van der Waals surface area contributed by atoms with Crippen molar-refractivity contribution < 1.29 is 9.59 Å². The molecule has 1 saturated heterocycles. The first kappa shape index (κ1) is 14.6. The van der Waals surface area contributed by atoms with Gasteiger partial charge in [-0.25, -0.2) is 0 Å². The standard InChI is InChI=1S/C16H22N2O2/c1-17(13-14-7-3-2-4-8-14)15(19)9-10-16(20)18-11-5-6-12-18/h2-4,7-8H,5-6,9-13H2,1H3. The summed E-state index contributed by atoms with van der Waals surface area (Å²) in [6, 6.07) is 9.88. The predicted octanol–water partition coefficient (Wildman–Crippen LogP) is 2.05. The smallest absolute Gasteiger partial charge is 0.223 e. The molecule has 108 valence electrons. The number of hydrogen-bond acceptors (Lipinski definition) is 2. The number of carbonyl (C=O) groups excluding carboxylic acids is 2. The van der Waals surface area contributed by atoms with Gasteiger partial charge in [0.2, 0.25) is 11.8 Å². The van der Waals surface area contributed by atoms with Crippen LogP contribution in [0.3, 0.4) is 0 Å². The number of hydrogen-bond donors (Lipinski definition) is 0. The average Bonchev–Trinajstić information content (AvgIpc) is 2.99. The Kier molecular flexibility index (Phi) is 5.16. The van der Waals surface area contributed by atoms with Crippen molar-refractivity contribution in [2.45, 2.75) is 32.2 Å². The summed E-state index contributed by atoms with van der Waals surface area (Å²) in [6.07, 6.45) is 2.82. The number of amides is 2. The first-order valence-corrected chi connectivity index (χ1v) is 7.22. The summed E-state index contributed by atoms with van der Waals surface area (Å²) in [5.74, 6) is 0.144. The molecule has 1 fully saturated rings. The van der Waals surface area contributed by atoms with Gasteiger partial charge in [-0.2, -0.15) is 0 Å². The molecule has 2 rings (SSSR count). The molecule has 0 spiro atoms. The second kappa shape index (κ2) is 7.08. The Morgan fingerprint density at radius 1 is 1.10 bits per heavy atom. The predicted molar refractivity (Wildman–Crippen MR) is 78.0 cm³/mol. The Labute approximate surface area is 120 Å². The molecule has 0 radical (unpaired) electrons. The second-order valence-corrected chi connectivity index (χ2v) is 5.32. The van der Waals surface area contributed by atoms with Gasteiger partial charge in [0.15, 0.2) is 0 Å². The summed E-state index contributed by atoms with van der Waals surface area (Å²) in [5, 5.41) is 0. The molecule has 20 heavy (non-hydrogen) atoms. The van der Waals surface area contributed by atoms with E-state index in [1.165, 1.54) is 0 Å². The molecule has 0 aliphatic carbocycles. The molecule has 0 atom stereocenters. The summed E-state index contributed by atoms with van der Waals surface area (Å²) in [4.78, 5) is 27.5. The van der Waals surface area contributed by atoms with Crippen molar-refractivity contribution in [2.24, 2.45) is 0 Å². The van der Waals surface area contributed by atoms with Crippen LogP contribution < -0.4 is 0 Å². The number of rotatable bonds is 5. The first-order valence-electron chi connectivity index (χ1n) is 7.22. The number of nitrogens with zero attached hydrogens (tertiary/aromatic N) is 2. The number of carbonyl (C=O) groups is 2. The molecule has 0 unspecified atom stereocenters. The normalized spacial score (nSPS) is 14.3. The van der Waals surface area contributed by atoms with Crippen molar-refractivity contribution in [1.82, 2.24) is 9.80 Å². The molecule has 4 nitrogen and oxygen atoms in total. The highest BCUT2D eigenvalue weighted by atomic mass is 16.2.